The van der Waals surface area contributed by atoms with Crippen molar-refractivity contribution in [2.24, 2.45) is 0 Å². The van der Waals surface area contributed by atoms with Crippen molar-refractivity contribution in [1.82, 2.24) is 0 Å². The fourth-order valence-electron chi connectivity index (χ4n) is 3.06. The van der Waals surface area contributed by atoms with Gasteiger partial charge in [-0.25, -0.2) is 9.18 Å². The van der Waals surface area contributed by atoms with E-state index in [4.69, 9.17) is 9.84 Å². The second kappa shape index (κ2) is 11.6. The summed E-state index contributed by atoms with van der Waals surface area (Å²) in [5.74, 6) is -3.56. The van der Waals surface area contributed by atoms with Gasteiger partial charge in [0, 0.05) is 19.8 Å². The van der Waals surface area contributed by atoms with Gasteiger partial charge in [0.25, 0.3) is 0 Å². The van der Waals surface area contributed by atoms with Crippen LogP contribution in [0, 0.1) is 3.57 Å². The van der Waals surface area contributed by atoms with Crippen molar-refractivity contribution < 1.29 is 27.8 Å². The molecule has 0 atom stereocenters. The van der Waals surface area contributed by atoms with Crippen LogP contribution < -0.4 is 4.74 Å². The summed E-state index contributed by atoms with van der Waals surface area (Å²) in [4.78, 5) is 11.6. The van der Waals surface area contributed by atoms with E-state index in [0.717, 1.165) is 19.6 Å². The third-order valence-electron chi connectivity index (χ3n) is 4.64. The molecule has 172 valence electrons. The number of ether oxygens (including phenoxy) is 1. The average molecular weight is 584 g/mol. The zero-order chi connectivity index (χ0) is 23.8. The van der Waals surface area contributed by atoms with E-state index in [0.29, 0.717) is 17.1 Å². The summed E-state index contributed by atoms with van der Waals surface area (Å²) < 4.78 is 46.8. The van der Waals surface area contributed by atoms with E-state index in [1.807, 2.05) is 42.5 Å². The smallest absolute Gasteiger partial charge is 0.341 e. The van der Waals surface area contributed by atoms with Crippen molar-refractivity contribution in [3.8, 4) is 5.75 Å². The molecule has 3 aromatic carbocycles. The van der Waals surface area contributed by atoms with Gasteiger partial charge in [-0.2, -0.15) is 8.78 Å². The van der Waals surface area contributed by atoms with Gasteiger partial charge in [0.05, 0.1) is 0 Å². The number of hydrogen-bond donors (Lipinski definition) is 1. The SMILES string of the molecule is O=C(O)COc1ccc(SC/C=C(/c2ccccc2)c2cccc(C(F)(F)CF)c2)c(I)c1. The first kappa shape index (κ1) is 25.2. The average Bonchev–Trinajstić information content (AvgIpc) is 2.82. The quantitative estimate of drug-likeness (QED) is 0.205. The molecule has 33 heavy (non-hydrogen) atoms. The molecule has 0 aliphatic carbocycles. The van der Waals surface area contributed by atoms with E-state index >= 15 is 0 Å². The van der Waals surface area contributed by atoms with Crippen LogP contribution in [0.3, 0.4) is 0 Å². The molecular weight excluding hydrogens is 564 g/mol. The topological polar surface area (TPSA) is 46.5 Å². The fraction of sp³-hybridized carbons (Fsp3) is 0.160. The summed E-state index contributed by atoms with van der Waals surface area (Å²) in [6.45, 7) is -2.16. The van der Waals surface area contributed by atoms with Crippen LogP contribution in [0.2, 0.25) is 0 Å². The van der Waals surface area contributed by atoms with Gasteiger partial charge in [-0.05, 0) is 63.6 Å². The van der Waals surface area contributed by atoms with Gasteiger partial charge < -0.3 is 9.84 Å². The van der Waals surface area contributed by atoms with E-state index in [1.165, 1.54) is 18.2 Å². The summed E-state index contributed by atoms with van der Waals surface area (Å²) in [7, 11) is 0. The summed E-state index contributed by atoms with van der Waals surface area (Å²) in [6, 6.07) is 20.5. The minimum Gasteiger partial charge on any atom is -0.482 e. The molecule has 3 aromatic rings. The van der Waals surface area contributed by atoms with Crippen LogP contribution in [0.5, 0.6) is 5.75 Å². The molecule has 0 bridgehead atoms. The molecule has 0 saturated carbocycles. The molecule has 1 N–H and O–H groups in total. The largest absolute Gasteiger partial charge is 0.482 e. The van der Waals surface area contributed by atoms with Crippen LogP contribution in [0.1, 0.15) is 16.7 Å². The zero-order valence-corrected chi connectivity index (χ0v) is 20.3. The molecular formula is C25H20F3IO3S. The van der Waals surface area contributed by atoms with Crippen LogP contribution >= 0.6 is 34.4 Å². The predicted octanol–water partition coefficient (Wildman–Crippen LogP) is 7.04. The Morgan fingerprint density at radius 3 is 2.42 bits per heavy atom. The Labute approximate surface area is 207 Å². The van der Waals surface area contributed by atoms with Crippen LogP contribution in [0.4, 0.5) is 13.2 Å². The van der Waals surface area contributed by atoms with Crippen molar-refractivity contribution in [3.63, 3.8) is 0 Å². The van der Waals surface area contributed by atoms with Gasteiger partial charge in [0.2, 0.25) is 0 Å². The lowest BCUT2D eigenvalue weighted by molar-refractivity contribution is -0.139. The van der Waals surface area contributed by atoms with E-state index in [2.05, 4.69) is 22.6 Å². The molecule has 0 aliphatic heterocycles. The van der Waals surface area contributed by atoms with Gasteiger partial charge in [-0.15, -0.1) is 11.8 Å². The van der Waals surface area contributed by atoms with Gasteiger partial charge in [0.1, 0.15) is 5.75 Å². The van der Waals surface area contributed by atoms with E-state index in [9.17, 15) is 18.0 Å². The van der Waals surface area contributed by atoms with Crippen molar-refractivity contribution in [3.05, 3.63) is 99.1 Å². The Morgan fingerprint density at radius 2 is 1.76 bits per heavy atom. The number of hydrogen-bond acceptors (Lipinski definition) is 3. The lowest BCUT2D eigenvalue weighted by Gasteiger charge is -2.15. The van der Waals surface area contributed by atoms with Crippen LogP contribution in [0.25, 0.3) is 5.57 Å². The number of benzene rings is 3. The number of rotatable bonds is 10. The normalized spacial score (nSPS) is 11.9. The van der Waals surface area contributed by atoms with Gasteiger partial charge in [-0.1, -0.05) is 54.6 Å². The van der Waals surface area contributed by atoms with Crippen LogP contribution in [0.15, 0.2) is 83.8 Å². The number of alkyl halides is 3. The first-order chi connectivity index (χ1) is 15.8. The van der Waals surface area contributed by atoms with Gasteiger partial charge >= 0.3 is 11.9 Å². The fourth-order valence-corrected chi connectivity index (χ4v) is 4.80. The van der Waals surface area contributed by atoms with E-state index < -0.39 is 25.2 Å². The Balaban J connectivity index is 1.84. The monoisotopic (exact) mass is 584 g/mol. The maximum atomic E-state index is 13.9. The second-order valence-corrected chi connectivity index (χ2v) is 9.21. The third-order valence-corrected chi connectivity index (χ3v) is 6.90. The number of carboxylic acids is 1. The van der Waals surface area contributed by atoms with Crippen molar-refractivity contribution in [2.45, 2.75) is 10.8 Å². The van der Waals surface area contributed by atoms with Crippen molar-refractivity contribution >= 4 is 45.9 Å². The Morgan fingerprint density at radius 1 is 1.03 bits per heavy atom. The Bertz CT molecular complexity index is 1140. The third kappa shape index (κ3) is 7.01. The molecule has 0 unspecified atom stereocenters. The summed E-state index contributed by atoms with van der Waals surface area (Å²) in [6.07, 6.45) is 1.96. The van der Waals surface area contributed by atoms with Crippen molar-refractivity contribution in [1.29, 1.82) is 0 Å². The minimum atomic E-state index is -3.53. The van der Waals surface area contributed by atoms with E-state index in [1.54, 1.807) is 30.0 Å². The molecule has 0 heterocycles. The zero-order valence-electron chi connectivity index (χ0n) is 17.3. The van der Waals surface area contributed by atoms with E-state index in [-0.39, 0.29) is 5.56 Å². The van der Waals surface area contributed by atoms with Gasteiger partial charge in [-0.3, -0.25) is 0 Å². The lowest BCUT2D eigenvalue weighted by atomic mass is 9.95. The lowest BCUT2D eigenvalue weighted by Crippen LogP contribution is -2.15. The predicted molar refractivity (Wildman–Crippen MR) is 133 cm³/mol. The number of halogens is 4. The summed E-state index contributed by atoms with van der Waals surface area (Å²) in [5, 5.41) is 8.73. The molecule has 0 fully saturated rings. The number of aliphatic carboxylic acids is 1. The second-order valence-electron chi connectivity index (χ2n) is 6.99. The summed E-state index contributed by atoms with van der Waals surface area (Å²) in [5.41, 5.74) is 1.87. The first-order valence-electron chi connectivity index (χ1n) is 9.87. The Kier molecular flexibility index (Phi) is 8.85. The Hall–Kier alpha value is -2.46. The molecule has 0 aliphatic rings. The highest BCUT2D eigenvalue weighted by Gasteiger charge is 2.31. The first-order valence-corrected chi connectivity index (χ1v) is 11.9. The number of carbonyl (C=O) groups is 1. The molecule has 3 rings (SSSR count). The van der Waals surface area contributed by atoms with Crippen LogP contribution in [-0.2, 0) is 10.7 Å². The number of thioether (sulfide) groups is 1. The molecule has 0 saturated heterocycles. The molecule has 3 nitrogen and oxygen atoms in total. The van der Waals surface area contributed by atoms with Gasteiger partial charge in [0.15, 0.2) is 13.3 Å². The maximum Gasteiger partial charge on any atom is 0.341 e. The highest BCUT2D eigenvalue weighted by Crippen LogP contribution is 2.33. The molecule has 0 spiro atoms. The van der Waals surface area contributed by atoms with Crippen LogP contribution in [-0.4, -0.2) is 30.1 Å². The molecule has 0 radical (unpaired) electrons. The minimum absolute atomic E-state index is 0.358. The highest BCUT2D eigenvalue weighted by atomic mass is 127. The molecule has 0 amide bonds. The van der Waals surface area contributed by atoms with Crippen molar-refractivity contribution in [2.75, 3.05) is 19.0 Å². The molecule has 0 aromatic heterocycles. The summed E-state index contributed by atoms with van der Waals surface area (Å²) >= 11 is 3.70. The maximum absolute atomic E-state index is 13.9. The highest BCUT2D eigenvalue weighted by molar-refractivity contribution is 14.1. The standard InChI is InChI=1S/C25H20F3IO3S/c26-16-25(27,28)19-8-4-7-18(13-19)21(17-5-2-1-3-6-17)11-12-33-23-10-9-20(14-22(23)29)32-15-24(30)31/h1-11,13-14H,12,15-16H2,(H,30,31)/b21-11-. The number of carboxylic acid groups (broad SMARTS) is 1. The molecule has 8 heteroatoms.